The lowest BCUT2D eigenvalue weighted by molar-refractivity contribution is -0.142. The Hall–Kier alpha value is -3.00. The Balaban J connectivity index is 1.31. The maximum atomic E-state index is 12.7. The van der Waals surface area contributed by atoms with Crippen LogP contribution in [0.3, 0.4) is 0 Å². The maximum absolute atomic E-state index is 12.7. The highest BCUT2D eigenvalue weighted by atomic mass is 32.2. The molecule has 2 aliphatic carbocycles. The molecular weight excluding hydrogens is 440 g/mol. The Bertz CT molecular complexity index is 1010. The van der Waals surface area contributed by atoms with E-state index in [1.807, 2.05) is 30.5 Å². The van der Waals surface area contributed by atoms with Gasteiger partial charge in [-0.25, -0.2) is 9.59 Å². The molecule has 0 heterocycles. The van der Waals surface area contributed by atoms with E-state index in [1.165, 1.54) is 11.8 Å². The zero-order valence-electron chi connectivity index (χ0n) is 18.5. The molecular formula is C25H28N2O5S. The number of hydrogen-bond donors (Lipinski definition) is 3. The van der Waals surface area contributed by atoms with Gasteiger partial charge in [-0.15, -0.1) is 0 Å². The summed E-state index contributed by atoms with van der Waals surface area (Å²) in [6.45, 7) is 0.333. The number of rotatable bonds is 10. The van der Waals surface area contributed by atoms with Crippen molar-refractivity contribution in [3.8, 4) is 11.1 Å². The summed E-state index contributed by atoms with van der Waals surface area (Å²) in [5, 5.41) is 14.7. The van der Waals surface area contributed by atoms with Crippen molar-refractivity contribution in [1.29, 1.82) is 0 Å². The van der Waals surface area contributed by atoms with Gasteiger partial charge in [-0.05, 0) is 53.5 Å². The van der Waals surface area contributed by atoms with E-state index in [0.717, 1.165) is 22.3 Å². The second-order valence-corrected chi connectivity index (χ2v) is 9.59. The summed E-state index contributed by atoms with van der Waals surface area (Å²) in [5.41, 5.74) is 3.83. The minimum atomic E-state index is -1.04. The van der Waals surface area contributed by atoms with Gasteiger partial charge in [0.15, 0.2) is 0 Å². The molecule has 1 fully saturated rings. The predicted molar refractivity (Wildman–Crippen MR) is 127 cm³/mol. The molecule has 0 bridgehead atoms. The fraction of sp³-hybridized carbons (Fsp3) is 0.400. The van der Waals surface area contributed by atoms with Gasteiger partial charge in [-0.2, -0.15) is 11.8 Å². The van der Waals surface area contributed by atoms with Crippen molar-refractivity contribution in [3.63, 3.8) is 0 Å². The maximum Gasteiger partial charge on any atom is 0.407 e. The van der Waals surface area contributed by atoms with E-state index in [9.17, 15) is 19.5 Å². The van der Waals surface area contributed by atoms with E-state index < -0.39 is 23.5 Å². The van der Waals surface area contributed by atoms with E-state index in [-0.39, 0.29) is 25.0 Å². The molecule has 0 aromatic heterocycles. The summed E-state index contributed by atoms with van der Waals surface area (Å²) < 4.78 is 5.54. The van der Waals surface area contributed by atoms with Gasteiger partial charge in [-0.1, -0.05) is 48.5 Å². The number of carbonyl (C=O) groups excluding carboxylic acids is 2. The number of carboxylic acid groups (broad SMARTS) is 1. The fourth-order valence-corrected chi connectivity index (χ4v) is 4.80. The Morgan fingerprint density at radius 2 is 1.70 bits per heavy atom. The summed E-state index contributed by atoms with van der Waals surface area (Å²) >= 11 is 1.53. The normalized spacial score (nSPS) is 16.3. The largest absolute Gasteiger partial charge is 0.480 e. The first-order valence-corrected chi connectivity index (χ1v) is 12.5. The van der Waals surface area contributed by atoms with Gasteiger partial charge in [0, 0.05) is 12.5 Å². The molecule has 0 radical (unpaired) electrons. The van der Waals surface area contributed by atoms with Gasteiger partial charge < -0.3 is 20.5 Å². The standard InChI is InChI=1S/C25H28N2O5S/c1-33-13-10-21(22(28)29)27-23(30)25(11-12-25)15-26-24(31)32-14-20-18-8-4-2-6-16(18)17-7-3-5-9-19(17)20/h2-9,20-21H,10-15H2,1H3,(H,26,31)(H,27,30)(H,28,29)/t21-/m1/s1. The number of nitrogens with one attached hydrogen (secondary N) is 2. The monoisotopic (exact) mass is 468 g/mol. The summed E-state index contributed by atoms with van der Waals surface area (Å²) in [6, 6.07) is 15.3. The molecule has 8 heteroatoms. The third-order valence-corrected chi connectivity index (χ3v) is 7.11. The van der Waals surface area contributed by atoms with Crippen LogP contribution in [0.25, 0.3) is 11.1 Å². The van der Waals surface area contributed by atoms with Crippen molar-refractivity contribution in [3.05, 3.63) is 59.7 Å². The number of hydrogen-bond acceptors (Lipinski definition) is 5. The van der Waals surface area contributed by atoms with E-state index in [2.05, 4.69) is 34.9 Å². The Morgan fingerprint density at radius 3 is 2.24 bits per heavy atom. The van der Waals surface area contributed by atoms with Gasteiger partial charge in [0.1, 0.15) is 12.6 Å². The number of thioether (sulfide) groups is 1. The molecule has 0 unspecified atom stereocenters. The van der Waals surface area contributed by atoms with Crippen LogP contribution in [-0.2, 0) is 14.3 Å². The first-order chi connectivity index (χ1) is 15.9. The lowest BCUT2D eigenvalue weighted by Crippen LogP contribution is -2.47. The average Bonchev–Trinajstić information content (AvgIpc) is 3.55. The third-order valence-electron chi connectivity index (χ3n) is 6.46. The van der Waals surface area contributed by atoms with Crippen LogP contribution in [-0.4, -0.2) is 54.3 Å². The number of carbonyl (C=O) groups is 3. The quantitative estimate of drug-likeness (QED) is 0.492. The Kier molecular flexibility index (Phi) is 6.93. The molecule has 2 aliphatic rings. The molecule has 3 N–H and O–H groups in total. The van der Waals surface area contributed by atoms with Crippen molar-refractivity contribution in [2.45, 2.75) is 31.2 Å². The fourth-order valence-electron chi connectivity index (χ4n) is 4.33. The molecule has 0 aliphatic heterocycles. The predicted octanol–water partition coefficient (Wildman–Crippen LogP) is 3.63. The molecule has 2 aromatic rings. The molecule has 1 atom stereocenters. The van der Waals surface area contributed by atoms with Crippen LogP contribution in [0.2, 0.25) is 0 Å². The van der Waals surface area contributed by atoms with E-state index in [1.54, 1.807) is 0 Å². The van der Waals surface area contributed by atoms with Crippen LogP contribution in [0.5, 0.6) is 0 Å². The number of fused-ring (bicyclic) bond motifs is 3. The van der Waals surface area contributed by atoms with Crippen molar-refractivity contribution in [1.82, 2.24) is 10.6 Å². The second-order valence-electron chi connectivity index (χ2n) is 8.61. The minimum absolute atomic E-state index is 0.0332. The lowest BCUT2D eigenvalue weighted by Gasteiger charge is -2.20. The van der Waals surface area contributed by atoms with Crippen LogP contribution < -0.4 is 10.6 Å². The average molecular weight is 469 g/mol. The zero-order chi connectivity index (χ0) is 23.4. The smallest absolute Gasteiger partial charge is 0.407 e. The van der Waals surface area contributed by atoms with E-state index in [4.69, 9.17) is 4.74 Å². The van der Waals surface area contributed by atoms with Gasteiger partial charge in [0.25, 0.3) is 0 Å². The van der Waals surface area contributed by atoms with Crippen LogP contribution in [0.15, 0.2) is 48.5 Å². The van der Waals surface area contributed by atoms with Gasteiger partial charge >= 0.3 is 12.1 Å². The first kappa shape index (κ1) is 23.2. The minimum Gasteiger partial charge on any atom is -0.480 e. The number of aliphatic carboxylic acids is 1. The number of ether oxygens (including phenoxy) is 1. The summed E-state index contributed by atoms with van der Waals surface area (Å²) in [7, 11) is 0. The number of benzene rings is 2. The van der Waals surface area contributed by atoms with Gasteiger partial charge in [-0.3, -0.25) is 4.79 Å². The molecule has 7 nitrogen and oxygen atoms in total. The van der Waals surface area contributed by atoms with Crippen molar-refractivity contribution < 1.29 is 24.2 Å². The van der Waals surface area contributed by atoms with Crippen LogP contribution in [0.4, 0.5) is 4.79 Å². The SMILES string of the molecule is CSCC[C@@H](NC(=O)C1(CNC(=O)OCC2c3ccccc3-c3ccccc32)CC1)C(=O)O. The molecule has 0 spiro atoms. The zero-order valence-corrected chi connectivity index (χ0v) is 19.3. The van der Waals surface area contributed by atoms with Crippen LogP contribution >= 0.6 is 11.8 Å². The number of alkyl carbamates (subject to hydrolysis) is 1. The number of amides is 2. The van der Waals surface area contributed by atoms with Crippen molar-refractivity contribution in [2.75, 3.05) is 25.2 Å². The highest BCUT2D eigenvalue weighted by molar-refractivity contribution is 7.98. The van der Waals surface area contributed by atoms with Crippen LogP contribution in [0, 0.1) is 5.41 Å². The molecule has 0 saturated heterocycles. The van der Waals surface area contributed by atoms with E-state index >= 15 is 0 Å². The van der Waals surface area contributed by atoms with E-state index in [0.29, 0.717) is 25.0 Å². The van der Waals surface area contributed by atoms with Crippen molar-refractivity contribution >= 4 is 29.7 Å². The first-order valence-electron chi connectivity index (χ1n) is 11.1. The van der Waals surface area contributed by atoms with Crippen LogP contribution in [0.1, 0.15) is 36.3 Å². The molecule has 2 aromatic carbocycles. The molecule has 33 heavy (non-hydrogen) atoms. The van der Waals surface area contributed by atoms with Gasteiger partial charge in [0.05, 0.1) is 5.41 Å². The Labute approximate surface area is 197 Å². The summed E-state index contributed by atoms with van der Waals surface area (Å²) in [4.78, 5) is 36.5. The molecule has 4 rings (SSSR count). The summed E-state index contributed by atoms with van der Waals surface area (Å²) in [5.74, 6) is -0.760. The highest BCUT2D eigenvalue weighted by Gasteiger charge is 2.50. The molecule has 1 saturated carbocycles. The lowest BCUT2D eigenvalue weighted by atomic mass is 9.98. The number of carboxylic acids is 1. The molecule has 2 amide bonds. The second kappa shape index (κ2) is 9.87. The van der Waals surface area contributed by atoms with Crippen molar-refractivity contribution in [2.24, 2.45) is 5.41 Å². The topological polar surface area (TPSA) is 105 Å². The highest BCUT2D eigenvalue weighted by Crippen LogP contribution is 2.46. The summed E-state index contributed by atoms with van der Waals surface area (Å²) in [6.07, 6.45) is 2.89. The molecule has 174 valence electrons. The Morgan fingerprint density at radius 1 is 1.09 bits per heavy atom. The van der Waals surface area contributed by atoms with Gasteiger partial charge in [0.2, 0.25) is 5.91 Å². The third kappa shape index (κ3) is 5.00.